The van der Waals surface area contributed by atoms with Gasteiger partial charge in [0.1, 0.15) is 5.82 Å². The van der Waals surface area contributed by atoms with E-state index in [-0.39, 0.29) is 11.2 Å². The number of halogens is 1. The molecule has 0 radical (unpaired) electrons. The number of rotatable bonds is 7. The molecule has 4 heteroatoms. The molecule has 8 aromatic carbocycles. The van der Waals surface area contributed by atoms with Crippen LogP contribution in [0.4, 0.5) is 38.5 Å². The van der Waals surface area contributed by atoms with Crippen LogP contribution in [0.5, 0.6) is 0 Å². The van der Waals surface area contributed by atoms with E-state index in [0.717, 1.165) is 28.4 Å². The molecule has 0 spiro atoms. The predicted octanol–water partition coefficient (Wildman–Crippen LogP) is 13.9. The molecule has 0 fully saturated rings. The van der Waals surface area contributed by atoms with E-state index >= 15 is 4.39 Å². The largest absolute Gasteiger partial charge is 0.309 e. The van der Waals surface area contributed by atoms with Crippen molar-refractivity contribution in [3.8, 4) is 11.1 Å². The van der Waals surface area contributed by atoms with Gasteiger partial charge in [-0.3, -0.25) is 0 Å². The molecule has 0 aliphatic heterocycles. The summed E-state index contributed by atoms with van der Waals surface area (Å²) in [5.41, 5.74) is 10.5. The van der Waals surface area contributed by atoms with Gasteiger partial charge in [-0.05, 0) is 93.7 Å². The molecule has 0 bridgehead atoms. The highest BCUT2D eigenvalue weighted by Gasteiger charge is 2.39. The van der Waals surface area contributed by atoms with Crippen LogP contribution in [-0.4, -0.2) is 8.07 Å². The van der Waals surface area contributed by atoms with Gasteiger partial charge in [-0.1, -0.05) is 148 Å². The Labute approximate surface area is 318 Å². The maximum absolute atomic E-state index is 15.8. The SMILES string of the molecule is CC1(C)c2cc(N(c3ccc([Si](C)(C)C)cc3)c3ccccc3F)ccc2-c2c1cc(N(c1ccccc1)c1cccc3ccccc13)c1ccccc21. The summed E-state index contributed by atoms with van der Waals surface area (Å²) < 4.78 is 15.8. The molecular formula is C50H43FN2Si. The van der Waals surface area contributed by atoms with Crippen LogP contribution in [0.1, 0.15) is 25.0 Å². The van der Waals surface area contributed by atoms with Gasteiger partial charge in [0.25, 0.3) is 0 Å². The number of nitrogens with zero attached hydrogens (tertiary/aromatic N) is 2. The van der Waals surface area contributed by atoms with Crippen LogP contribution >= 0.6 is 0 Å². The third-order valence-electron chi connectivity index (χ3n) is 11.2. The van der Waals surface area contributed by atoms with Gasteiger partial charge in [-0.25, -0.2) is 4.39 Å². The smallest absolute Gasteiger partial charge is 0.147 e. The predicted molar refractivity (Wildman–Crippen MR) is 231 cm³/mol. The minimum Gasteiger partial charge on any atom is -0.309 e. The highest BCUT2D eigenvalue weighted by molar-refractivity contribution is 6.88. The average Bonchev–Trinajstić information content (AvgIpc) is 3.41. The van der Waals surface area contributed by atoms with Crippen LogP contribution in [-0.2, 0) is 5.41 Å². The first-order valence-electron chi connectivity index (χ1n) is 18.8. The van der Waals surface area contributed by atoms with Crippen molar-refractivity contribution in [3.63, 3.8) is 0 Å². The van der Waals surface area contributed by atoms with E-state index < -0.39 is 8.07 Å². The van der Waals surface area contributed by atoms with Crippen molar-refractivity contribution in [3.05, 3.63) is 187 Å². The van der Waals surface area contributed by atoms with Crippen LogP contribution in [0.2, 0.25) is 19.6 Å². The van der Waals surface area contributed by atoms with Crippen molar-refractivity contribution in [1.82, 2.24) is 0 Å². The first kappa shape index (κ1) is 33.8. The highest BCUT2D eigenvalue weighted by atomic mass is 28.3. The van der Waals surface area contributed by atoms with Gasteiger partial charge in [0, 0.05) is 33.2 Å². The summed E-state index contributed by atoms with van der Waals surface area (Å²) in [5.74, 6) is -0.250. The van der Waals surface area contributed by atoms with E-state index in [1.54, 1.807) is 12.1 Å². The summed E-state index contributed by atoms with van der Waals surface area (Å²) in [6.45, 7) is 11.7. The summed E-state index contributed by atoms with van der Waals surface area (Å²) in [4.78, 5) is 4.50. The highest BCUT2D eigenvalue weighted by Crippen LogP contribution is 2.56. The summed E-state index contributed by atoms with van der Waals surface area (Å²) in [5, 5.41) is 6.19. The summed E-state index contributed by atoms with van der Waals surface area (Å²) >= 11 is 0. The maximum atomic E-state index is 15.8. The Morgan fingerprint density at radius 1 is 0.463 bits per heavy atom. The van der Waals surface area contributed by atoms with Crippen molar-refractivity contribution in [2.75, 3.05) is 9.80 Å². The summed E-state index contributed by atoms with van der Waals surface area (Å²) in [6.07, 6.45) is 0. The molecule has 0 unspecified atom stereocenters. The van der Waals surface area contributed by atoms with Crippen molar-refractivity contribution in [2.24, 2.45) is 0 Å². The second kappa shape index (κ2) is 12.9. The Bertz CT molecular complexity index is 2690. The van der Waals surface area contributed by atoms with E-state index in [0.29, 0.717) is 5.69 Å². The average molecular weight is 719 g/mol. The molecule has 1 aliphatic rings. The van der Waals surface area contributed by atoms with Crippen LogP contribution in [0, 0.1) is 5.82 Å². The molecule has 1 aliphatic carbocycles. The molecule has 0 heterocycles. The lowest BCUT2D eigenvalue weighted by molar-refractivity contribution is 0.628. The number of hydrogen-bond donors (Lipinski definition) is 0. The molecule has 264 valence electrons. The number of anilines is 6. The molecule has 54 heavy (non-hydrogen) atoms. The fourth-order valence-electron chi connectivity index (χ4n) is 8.43. The van der Waals surface area contributed by atoms with Gasteiger partial charge in [-0.15, -0.1) is 0 Å². The molecule has 0 N–H and O–H groups in total. The molecule has 0 saturated heterocycles. The zero-order chi connectivity index (χ0) is 37.2. The van der Waals surface area contributed by atoms with Gasteiger partial charge in [0.2, 0.25) is 0 Å². The Kier molecular flexibility index (Phi) is 8.06. The van der Waals surface area contributed by atoms with Gasteiger partial charge in [0.15, 0.2) is 0 Å². The Morgan fingerprint density at radius 2 is 1.06 bits per heavy atom. The fourth-order valence-corrected chi connectivity index (χ4v) is 9.60. The van der Waals surface area contributed by atoms with E-state index in [4.69, 9.17) is 0 Å². The molecule has 0 atom stereocenters. The maximum Gasteiger partial charge on any atom is 0.147 e. The minimum atomic E-state index is -1.52. The number of fused-ring (bicyclic) bond motifs is 6. The molecule has 0 saturated carbocycles. The second-order valence-corrected chi connectivity index (χ2v) is 21.0. The topological polar surface area (TPSA) is 6.48 Å². The first-order valence-corrected chi connectivity index (χ1v) is 22.3. The Morgan fingerprint density at radius 3 is 1.80 bits per heavy atom. The van der Waals surface area contributed by atoms with Crippen LogP contribution in [0.15, 0.2) is 170 Å². The molecule has 9 rings (SSSR count). The lowest BCUT2D eigenvalue weighted by atomic mass is 9.81. The van der Waals surface area contributed by atoms with E-state index in [2.05, 4.69) is 189 Å². The van der Waals surface area contributed by atoms with Crippen molar-refractivity contribution in [2.45, 2.75) is 38.9 Å². The molecule has 0 aromatic heterocycles. The Balaban J connectivity index is 1.25. The molecule has 0 amide bonds. The summed E-state index contributed by atoms with van der Waals surface area (Å²) in [6, 6.07) is 59.7. The zero-order valence-electron chi connectivity index (χ0n) is 31.4. The first-order chi connectivity index (χ1) is 26.1. The van der Waals surface area contributed by atoms with Gasteiger partial charge >= 0.3 is 0 Å². The zero-order valence-corrected chi connectivity index (χ0v) is 32.4. The van der Waals surface area contributed by atoms with Crippen molar-refractivity contribution < 1.29 is 4.39 Å². The monoisotopic (exact) mass is 718 g/mol. The number of para-hydroxylation sites is 2. The normalized spacial score (nSPS) is 13.1. The third-order valence-corrected chi connectivity index (χ3v) is 13.3. The second-order valence-electron chi connectivity index (χ2n) is 16.0. The lowest BCUT2D eigenvalue weighted by Crippen LogP contribution is -2.37. The fraction of sp³-hybridized carbons (Fsp3) is 0.120. The molecule has 2 nitrogen and oxygen atoms in total. The standard InChI is InChI=1S/C50H43FN2Si/c1-50(2)43-32-37(52(47-24-14-13-23-45(47)51)36-26-29-38(30-27-36)54(3,4)5)28-31-42(43)49-41-22-12-11-21-40(41)48(33-44(49)50)53(35-18-7-6-8-19-35)46-25-15-17-34-16-9-10-20-39(34)46/h6-33H,1-5H3. The molecule has 8 aromatic rings. The van der Waals surface area contributed by atoms with Crippen molar-refractivity contribution in [1.29, 1.82) is 0 Å². The van der Waals surface area contributed by atoms with E-state index in [9.17, 15) is 0 Å². The van der Waals surface area contributed by atoms with Gasteiger partial charge < -0.3 is 9.80 Å². The van der Waals surface area contributed by atoms with Crippen LogP contribution in [0.3, 0.4) is 0 Å². The minimum absolute atomic E-state index is 0.250. The number of benzene rings is 8. The van der Waals surface area contributed by atoms with E-state index in [1.165, 1.54) is 49.0 Å². The number of hydrogen-bond acceptors (Lipinski definition) is 2. The third kappa shape index (κ3) is 5.52. The Hall–Kier alpha value is -5.97. The van der Waals surface area contributed by atoms with Crippen LogP contribution < -0.4 is 15.0 Å². The van der Waals surface area contributed by atoms with Gasteiger partial charge in [0.05, 0.1) is 25.1 Å². The van der Waals surface area contributed by atoms with Crippen LogP contribution in [0.25, 0.3) is 32.7 Å². The summed E-state index contributed by atoms with van der Waals surface area (Å²) in [7, 11) is -1.52. The lowest BCUT2D eigenvalue weighted by Gasteiger charge is -2.31. The quantitative estimate of drug-likeness (QED) is 0.151. The molecular weight excluding hydrogens is 676 g/mol. The van der Waals surface area contributed by atoms with Gasteiger partial charge in [-0.2, -0.15) is 0 Å². The van der Waals surface area contributed by atoms with Crippen molar-refractivity contribution >= 4 is 68.9 Å². The van der Waals surface area contributed by atoms with E-state index in [1.807, 2.05) is 12.1 Å².